The minimum absolute atomic E-state index is 0.200. The molecule has 3 heteroatoms. The SMILES string of the molecule is CNc1ccc(C2=CN(C)C(c3ccccn3)C=C2)cc1. The topological polar surface area (TPSA) is 28.2 Å². The van der Waals surface area contributed by atoms with Gasteiger partial charge in [-0.2, -0.15) is 0 Å². The highest BCUT2D eigenvalue weighted by Crippen LogP contribution is 2.29. The molecule has 1 N–H and O–H groups in total. The maximum absolute atomic E-state index is 4.44. The van der Waals surface area contributed by atoms with Gasteiger partial charge in [-0.05, 0) is 35.4 Å². The average Bonchev–Trinajstić information content (AvgIpc) is 2.55. The third-order valence-electron chi connectivity index (χ3n) is 3.74. The smallest absolute Gasteiger partial charge is 0.0891 e. The van der Waals surface area contributed by atoms with Crippen molar-refractivity contribution in [3.8, 4) is 0 Å². The highest BCUT2D eigenvalue weighted by atomic mass is 15.1. The van der Waals surface area contributed by atoms with Gasteiger partial charge in [0.15, 0.2) is 0 Å². The summed E-state index contributed by atoms with van der Waals surface area (Å²) in [6.07, 6.45) is 8.39. The van der Waals surface area contributed by atoms with Crippen LogP contribution < -0.4 is 5.32 Å². The average molecular weight is 277 g/mol. The molecule has 21 heavy (non-hydrogen) atoms. The fourth-order valence-electron chi connectivity index (χ4n) is 2.53. The molecule has 3 rings (SSSR count). The van der Waals surface area contributed by atoms with E-state index in [1.165, 1.54) is 11.1 Å². The van der Waals surface area contributed by atoms with Crippen LogP contribution in [0.5, 0.6) is 0 Å². The van der Waals surface area contributed by atoms with E-state index >= 15 is 0 Å². The molecule has 0 saturated heterocycles. The molecule has 1 aliphatic rings. The largest absolute Gasteiger partial charge is 0.388 e. The number of nitrogens with zero attached hydrogens (tertiary/aromatic N) is 2. The second-order valence-electron chi connectivity index (χ2n) is 5.14. The molecule has 0 fully saturated rings. The first-order chi connectivity index (χ1) is 10.3. The molecule has 1 unspecified atom stereocenters. The van der Waals surface area contributed by atoms with Gasteiger partial charge in [0, 0.05) is 32.2 Å². The Morgan fingerprint density at radius 3 is 2.52 bits per heavy atom. The Labute approximate surface area is 125 Å². The minimum atomic E-state index is 0.200. The standard InChI is InChI=1S/C18H19N3/c1-19-16-9-6-14(7-10-16)15-8-11-18(21(2)13-15)17-5-3-4-12-20-17/h3-13,18-19H,1-2H3. The van der Waals surface area contributed by atoms with Crippen molar-refractivity contribution in [2.24, 2.45) is 0 Å². The molecule has 1 atom stereocenters. The van der Waals surface area contributed by atoms with E-state index in [4.69, 9.17) is 0 Å². The van der Waals surface area contributed by atoms with Gasteiger partial charge < -0.3 is 10.2 Å². The van der Waals surface area contributed by atoms with Gasteiger partial charge in [0.2, 0.25) is 0 Å². The molecule has 0 aliphatic carbocycles. The summed E-state index contributed by atoms with van der Waals surface area (Å²) in [6.45, 7) is 0. The van der Waals surface area contributed by atoms with Crippen LogP contribution in [0, 0.1) is 0 Å². The summed E-state index contributed by atoms with van der Waals surface area (Å²) in [5.74, 6) is 0. The Bertz CT molecular complexity index is 657. The van der Waals surface area contributed by atoms with Crippen molar-refractivity contribution in [2.45, 2.75) is 6.04 Å². The van der Waals surface area contributed by atoms with E-state index in [-0.39, 0.29) is 6.04 Å². The molecule has 3 nitrogen and oxygen atoms in total. The van der Waals surface area contributed by atoms with Gasteiger partial charge in [-0.25, -0.2) is 0 Å². The number of rotatable bonds is 3. The van der Waals surface area contributed by atoms with Crippen LogP contribution in [0.15, 0.2) is 67.0 Å². The van der Waals surface area contributed by atoms with Gasteiger partial charge in [0.05, 0.1) is 11.7 Å². The zero-order valence-electron chi connectivity index (χ0n) is 12.3. The van der Waals surface area contributed by atoms with E-state index < -0.39 is 0 Å². The summed E-state index contributed by atoms with van der Waals surface area (Å²) in [6, 6.07) is 14.7. The van der Waals surface area contributed by atoms with Crippen molar-refractivity contribution in [1.29, 1.82) is 0 Å². The molecule has 1 aromatic carbocycles. The highest BCUT2D eigenvalue weighted by molar-refractivity contribution is 5.75. The normalized spacial score (nSPS) is 17.5. The predicted molar refractivity (Wildman–Crippen MR) is 87.8 cm³/mol. The second kappa shape index (κ2) is 5.83. The first-order valence-corrected chi connectivity index (χ1v) is 7.09. The van der Waals surface area contributed by atoms with Crippen LogP contribution in [0.4, 0.5) is 5.69 Å². The van der Waals surface area contributed by atoms with Gasteiger partial charge in [0.25, 0.3) is 0 Å². The monoisotopic (exact) mass is 277 g/mol. The van der Waals surface area contributed by atoms with Gasteiger partial charge in [-0.3, -0.25) is 4.98 Å². The Morgan fingerprint density at radius 1 is 1.10 bits per heavy atom. The molecular weight excluding hydrogens is 258 g/mol. The number of allylic oxidation sites excluding steroid dienone is 2. The van der Waals surface area contributed by atoms with Gasteiger partial charge in [0.1, 0.15) is 0 Å². The second-order valence-corrected chi connectivity index (χ2v) is 5.14. The van der Waals surface area contributed by atoms with E-state index in [2.05, 4.69) is 70.9 Å². The van der Waals surface area contributed by atoms with Crippen molar-refractivity contribution in [2.75, 3.05) is 19.4 Å². The third-order valence-corrected chi connectivity index (χ3v) is 3.74. The summed E-state index contributed by atoms with van der Waals surface area (Å²) in [7, 11) is 4.02. The minimum Gasteiger partial charge on any atom is -0.388 e. The van der Waals surface area contributed by atoms with E-state index in [9.17, 15) is 0 Å². The van der Waals surface area contributed by atoms with Crippen LogP contribution in [0.2, 0.25) is 0 Å². The van der Waals surface area contributed by atoms with Crippen molar-refractivity contribution < 1.29 is 0 Å². The maximum Gasteiger partial charge on any atom is 0.0891 e. The number of nitrogens with one attached hydrogen (secondary N) is 1. The molecule has 0 radical (unpaired) electrons. The van der Waals surface area contributed by atoms with Crippen molar-refractivity contribution in [1.82, 2.24) is 9.88 Å². The molecule has 0 amide bonds. The van der Waals surface area contributed by atoms with Crippen molar-refractivity contribution in [3.05, 3.63) is 78.3 Å². The van der Waals surface area contributed by atoms with Gasteiger partial charge in [-0.15, -0.1) is 0 Å². The Kier molecular flexibility index (Phi) is 3.73. The maximum atomic E-state index is 4.44. The van der Waals surface area contributed by atoms with Crippen LogP contribution in [0.25, 0.3) is 5.57 Å². The third kappa shape index (κ3) is 2.82. The molecule has 1 aromatic heterocycles. The van der Waals surface area contributed by atoms with Crippen molar-refractivity contribution >= 4 is 11.3 Å². The molecule has 2 aromatic rings. The number of benzene rings is 1. The lowest BCUT2D eigenvalue weighted by atomic mass is 10.0. The molecular formula is C18H19N3. The number of anilines is 1. The lowest BCUT2D eigenvalue weighted by Crippen LogP contribution is -2.20. The number of hydrogen-bond acceptors (Lipinski definition) is 3. The predicted octanol–water partition coefficient (Wildman–Crippen LogP) is 3.71. The lowest BCUT2D eigenvalue weighted by molar-refractivity contribution is 0.385. The van der Waals surface area contributed by atoms with Crippen LogP contribution >= 0.6 is 0 Å². The first kappa shape index (κ1) is 13.4. The number of pyridine rings is 1. The van der Waals surface area contributed by atoms with Crippen LogP contribution in [0.1, 0.15) is 17.3 Å². The molecule has 1 aliphatic heterocycles. The van der Waals surface area contributed by atoms with E-state index in [0.717, 1.165) is 11.4 Å². The van der Waals surface area contributed by atoms with Crippen LogP contribution in [0.3, 0.4) is 0 Å². The van der Waals surface area contributed by atoms with E-state index in [1.807, 2.05) is 25.4 Å². The van der Waals surface area contributed by atoms with Crippen LogP contribution in [-0.4, -0.2) is 24.0 Å². The molecule has 2 heterocycles. The highest BCUT2D eigenvalue weighted by Gasteiger charge is 2.17. The van der Waals surface area contributed by atoms with Crippen LogP contribution in [-0.2, 0) is 0 Å². The van der Waals surface area contributed by atoms with E-state index in [1.54, 1.807) is 0 Å². The Hall–Kier alpha value is -2.55. The number of hydrogen-bond donors (Lipinski definition) is 1. The lowest BCUT2D eigenvalue weighted by Gasteiger charge is -2.28. The molecule has 0 saturated carbocycles. The zero-order chi connectivity index (χ0) is 14.7. The summed E-state index contributed by atoms with van der Waals surface area (Å²) in [5.41, 5.74) is 4.62. The number of aromatic nitrogens is 1. The Balaban J connectivity index is 1.83. The summed E-state index contributed by atoms with van der Waals surface area (Å²) in [5, 5.41) is 3.14. The fourth-order valence-corrected chi connectivity index (χ4v) is 2.53. The summed E-state index contributed by atoms with van der Waals surface area (Å²) in [4.78, 5) is 6.64. The van der Waals surface area contributed by atoms with Gasteiger partial charge >= 0.3 is 0 Å². The zero-order valence-corrected chi connectivity index (χ0v) is 12.3. The molecule has 106 valence electrons. The summed E-state index contributed by atoms with van der Waals surface area (Å²) >= 11 is 0. The molecule has 0 spiro atoms. The number of likely N-dealkylation sites (N-methyl/N-ethyl adjacent to an activating group) is 1. The fraction of sp³-hybridized carbons (Fsp3) is 0.167. The Morgan fingerprint density at radius 2 is 1.90 bits per heavy atom. The first-order valence-electron chi connectivity index (χ1n) is 7.09. The van der Waals surface area contributed by atoms with Gasteiger partial charge in [-0.1, -0.05) is 30.4 Å². The molecule has 0 bridgehead atoms. The van der Waals surface area contributed by atoms with E-state index in [0.29, 0.717) is 0 Å². The van der Waals surface area contributed by atoms with Crippen molar-refractivity contribution in [3.63, 3.8) is 0 Å². The quantitative estimate of drug-likeness (QED) is 0.927. The summed E-state index contributed by atoms with van der Waals surface area (Å²) < 4.78 is 0.